The highest BCUT2D eigenvalue weighted by Crippen LogP contribution is 2.39. The number of hydrogen-bond donors (Lipinski definition) is 0. The van der Waals surface area contributed by atoms with Crippen LogP contribution in [0.25, 0.3) is 83.2 Å². The first kappa shape index (κ1) is 26.9. The topological polar surface area (TPSA) is 56.5 Å². The van der Waals surface area contributed by atoms with Crippen LogP contribution in [0.15, 0.2) is 164 Å². The highest BCUT2D eigenvalue weighted by molar-refractivity contribution is 6.12. The van der Waals surface area contributed by atoms with Crippen LogP contribution in [-0.2, 0) is 0 Å². The lowest BCUT2D eigenvalue weighted by Gasteiger charge is -2.13. The molecule has 0 spiro atoms. The van der Waals surface area contributed by atoms with Crippen molar-refractivity contribution in [1.82, 2.24) is 24.5 Å². The summed E-state index contributed by atoms with van der Waals surface area (Å²) in [5, 5.41) is 4.79. The molecule has 5 heteroatoms. The maximum atomic E-state index is 5.05. The van der Waals surface area contributed by atoms with Crippen LogP contribution in [-0.4, -0.2) is 24.5 Å². The summed E-state index contributed by atoms with van der Waals surface area (Å²) in [4.78, 5) is 18.3. The first-order chi connectivity index (χ1) is 23.3. The normalized spacial score (nSPS) is 11.4. The minimum Gasteiger partial charge on any atom is -0.309 e. The van der Waals surface area contributed by atoms with Gasteiger partial charge in [-0.25, -0.2) is 4.98 Å². The van der Waals surface area contributed by atoms with Crippen molar-refractivity contribution in [2.24, 2.45) is 0 Å². The maximum absolute atomic E-state index is 5.05. The fraction of sp³-hybridized carbons (Fsp3) is 0. The summed E-state index contributed by atoms with van der Waals surface area (Å²) in [6.45, 7) is 0. The third-order valence-electron chi connectivity index (χ3n) is 8.83. The van der Waals surface area contributed by atoms with E-state index in [0.717, 1.165) is 61.6 Å². The number of aromatic nitrogens is 5. The Hall–Kier alpha value is -6.46. The van der Waals surface area contributed by atoms with Crippen LogP contribution in [0.3, 0.4) is 0 Å². The molecule has 0 aliphatic rings. The molecule has 5 heterocycles. The third-order valence-corrected chi connectivity index (χ3v) is 8.83. The van der Waals surface area contributed by atoms with E-state index in [0.29, 0.717) is 0 Å². The average Bonchev–Trinajstić information content (AvgIpc) is 3.48. The van der Waals surface area contributed by atoms with Crippen molar-refractivity contribution in [3.63, 3.8) is 0 Å². The molecular weight excluding hydrogens is 574 g/mol. The SMILES string of the molecule is c1cncc(-c2cc(-c3ccc4c5ccc(-c6cccc(-c7cccnc7)n6)cc5n(-c5cccc6ccccc56)c4c3)ccn2)c1. The zero-order valence-corrected chi connectivity index (χ0v) is 25.3. The Kier molecular flexibility index (Phi) is 6.39. The summed E-state index contributed by atoms with van der Waals surface area (Å²) < 4.78 is 2.41. The predicted octanol–water partition coefficient (Wildman–Crippen LogP) is 10.2. The molecule has 5 aromatic heterocycles. The molecule has 5 nitrogen and oxygen atoms in total. The van der Waals surface area contributed by atoms with Crippen LogP contribution in [0.4, 0.5) is 0 Å². The zero-order chi connectivity index (χ0) is 31.2. The summed E-state index contributed by atoms with van der Waals surface area (Å²) in [7, 11) is 0. The molecule has 0 fully saturated rings. The van der Waals surface area contributed by atoms with Gasteiger partial charge in [0.1, 0.15) is 0 Å². The molecule has 0 aliphatic carbocycles. The molecule has 9 rings (SSSR count). The molecule has 4 aromatic carbocycles. The van der Waals surface area contributed by atoms with E-state index in [1.165, 1.54) is 21.5 Å². The number of fused-ring (bicyclic) bond motifs is 4. The smallest absolute Gasteiger partial charge is 0.0725 e. The van der Waals surface area contributed by atoms with Crippen LogP contribution in [0.2, 0.25) is 0 Å². The van der Waals surface area contributed by atoms with E-state index in [2.05, 4.69) is 123 Å². The van der Waals surface area contributed by atoms with Gasteiger partial charge >= 0.3 is 0 Å². The average molecular weight is 602 g/mol. The Morgan fingerprint density at radius 2 is 1.04 bits per heavy atom. The molecule has 220 valence electrons. The summed E-state index contributed by atoms with van der Waals surface area (Å²) in [5.41, 5.74) is 11.4. The van der Waals surface area contributed by atoms with Crippen molar-refractivity contribution < 1.29 is 0 Å². The van der Waals surface area contributed by atoms with Crippen molar-refractivity contribution in [3.05, 3.63) is 164 Å². The number of nitrogens with zero attached hydrogens (tertiary/aromatic N) is 5. The highest BCUT2D eigenvalue weighted by atomic mass is 15.0. The Morgan fingerprint density at radius 1 is 0.404 bits per heavy atom. The molecule has 0 amide bonds. The van der Waals surface area contributed by atoms with Gasteiger partial charge < -0.3 is 4.57 Å². The minimum absolute atomic E-state index is 0.899. The second-order valence-corrected chi connectivity index (χ2v) is 11.6. The van der Waals surface area contributed by atoms with E-state index in [4.69, 9.17) is 4.98 Å². The maximum Gasteiger partial charge on any atom is 0.0725 e. The second-order valence-electron chi connectivity index (χ2n) is 11.6. The summed E-state index contributed by atoms with van der Waals surface area (Å²) in [5.74, 6) is 0. The fourth-order valence-corrected chi connectivity index (χ4v) is 6.57. The molecule has 0 N–H and O–H groups in total. The lowest BCUT2D eigenvalue weighted by Crippen LogP contribution is -1.96. The van der Waals surface area contributed by atoms with Gasteiger partial charge in [0.2, 0.25) is 0 Å². The van der Waals surface area contributed by atoms with Gasteiger partial charge in [-0.15, -0.1) is 0 Å². The van der Waals surface area contributed by atoms with Gasteiger partial charge in [0, 0.05) is 63.8 Å². The second kappa shape index (κ2) is 11.2. The predicted molar refractivity (Wildman–Crippen MR) is 191 cm³/mol. The van der Waals surface area contributed by atoms with Crippen molar-refractivity contribution in [2.75, 3.05) is 0 Å². The van der Waals surface area contributed by atoms with Crippen molar-refractivity contribution in [2.45, 2.75) is 0 Å². The van der Waals surface area contributed by atoms with Crippen LogP contribution in [0.5, 0.6) is 0 Å². The van der Waals surface area contributed by atoms with Crippen LogP contribution >= 0.6 is 0 Å². The molecule has 9 aromatic rings. The molecular formula is C42H27N5. The molecule has 0 saturated carbocycles. The van der Waals surface area contributed by atoms with Crippen LogP contribution < -0.4 is 0 Å². The van der Waals surface area contributed by atoms with E-state index in [1.54, 1.807) is 12.4 Å². The highest BCUT2D eigenvalue weighted by Gasteiger charge is 2.17. The molecule has 0 bridgehead atoms. The van der Waals surface area contributed by atoms with Crippen molar-refractivity contribution >= 4 is 32.6 Å². The van der Waals surface area contributed by atoms with Gasteiger partial charge in [-0.3, -0.25) is 15.0 Å². The van der Waals surface area contributed by atoms with Crippen LogP contribution in [0.1, 0.15) is 0 Å². The standard InChI is InChI=1S/C42H27N5/c1-2-11-34-28(7-1)8-3-14-40(34)47-41-24-29(30-19-22-45-39(23-30)33-10-6-21-44-27-33)15-17-35(41)36-18-16-31(25-42(36)47)37-12-4-13-38(46-37)32-9-5-20-43-26-32/h1-27H. The zero-order valence-electron chi connectivity index (χ0n) is 25.3. The summed E-state index contributed by atoms with van der Waals surface area (Å²) in [6, 6.07) is 46.9. The van der Waals surface area contributed by atoms with E-state index < -0.39 is 0 Å². The molecule has 0 aliphatic heterocycles. The summed E-state index contributed by atoms with van der Waals surface area (Å²) >= 11 is 0. The monoisotopic (exact) mass is 601 g/mol. The lowest BCUT2D eigenvalue weighted by atomic mass is 10.0. The van der Waals surface area contributed by atoms with Gasteiger partial charge in [0.15, 0.2) is 0 Å². The van der Waals surface area contributed by atoms with Gasteiger partial charge in [0.25, 0.3) is 0 Å². The molecule has 47 heavy (non-hydrogen) atoms. The Labute approximate surface area is 271 Å². The van der Waals surface area contributed by atoms with Crippen LogP contribution in [0, 0.1) is 0 Å². The number of rotatable bonds is 5. The first-order valence-corrected chi connectivity index (χ1v) is 15.6. The van der Waals surface area contributed by atoms with Crippen molar-refractivity contribution in [3.8, 4) is 50.6 Å². The largest absolute Gasteiger partial charge is 0.309 e. The molecule has 0 radical (unpaired) electrons. The Morgan fingerprint density at radius 3 is 1.81 bits per heavy atom. The van der Waals surface area contributed by atoms with E-state index in [-0.39, 0.29) is 0 Å². The van der Waals surface area contributed by atoms with E-state index in [1.807, 2.05) is 48.9 Å². The number of benzene rings is 4. The quantitative estimate of drug-likeness (QED) is 0.197. The van der Waals surface area contributed by atoms with E-state index in [9.17, 15) is 0 Å². The molecule has 0 atom stereocenters. The van der Waals surface area contributed by atoms with Gasteiger partial charge in [-0.2, -0.15) is 0 Å². The lowest BCUT2D eigenvalue weighted by molar-refractivity contribution is 1.20. The van der Waals surface area contributed by atoms with Crippen molar-refractivity contribution in [1.29, 1.82) is 0 Å². The summed E-state index contributed by atoms with van der Waals surface area (Å²) in [6.07, 6.45) is 9.15. The Bertz CT molecular complexity index is 2430. The number of pyridine rings is 4. The molecule has 0 unspecified atom stereocenters. The minimum atomic E-state index is 0.899. The van der Waals surface area contributed by atoms with Gasteiger partial charge in [-0.1, -0.05) is 66.7 Å². The fourth-order valence-electron chi connectivity index (χ4n) is 6.57. The number of hydrogen-bond acceptors (Lipinski definition) is 4. The van der Waals surface area contributed by atoms with Gasteiger partial charge in [0.05, 0.1) is 33.8 Å². The van der Waals surface area contributed by atoms with E-state index >= 15 is 0 Å². The first-order valence-electron chi connectivity index (χ1n) is 15.6. The Balaban J connectivity index is 1.28. The molecule has 0 saturated heterocycles. The third kappa shape index (κ3) is 4.73. The van der Waals surface area contributed by atoms with Gasteiger partial charge in [-0.05, 0) is 83.2 Å².